The number of hydrogen-bond acceptors (Lipinski definition) is 4. The second-order valence-electron chi connectivity index (χ2n) is 9.28. The summed E-state index contributed by atoms with van der Waals surface area (Å²) in [6, 6.07) is 15.3. The lowest BCUT2D eigenvalue weighted by Gasteiger charge is -2.32. The SMILES string of the molecule is CC(C)(C)c1ccc2c(c1)N(CC(=O)NCC1CCCO1)C(=O)/C(=C/c1ccccc1)O2. The molecule has 0 aromatic heterocycles. The Balaban J connectivity index is 1.62. The van der Waals surface area contributed by atoms with Crippen LogP contribution in [0.25, 0.3) is 6.08 Å². The molecule has 168 valence electrons. The summed E-state index contributed by atoms with van der Waals surface area (Å²) in [5, 5.41) is 2.91. The molecule has 2 aromatic carbocycles. The number of fused-ring (bicyclic) bond motifs is 1. The number of rotatable bonds is 5. The van der Waals surface area contributed by atoms with Gasteiger partial charge in [-0.05, 0) is 47.6 Å². The lowest BCUT2D eigenvalue weighted by Crippen LogP contribution is -2.45. The fourth-order valence-corrected chi connectivity index (χ4v) is 3.87. The predicted octanol–water partition coefficient (Wildman–Crippen LogP) is 4.05. The molecular formula is C26H30N2O4. The number of benzene rings is 2. The Labute approximate surface area is 189 Å². The van der Waals surface area contributed by atoms with Crippen LogP contribution in [0.5, 0.6) is 5.75 Å². The highest BCUT2D eigenvalue weighted by Crippen LogP contribution is 2.39. The molecule has 2 aliphatic heterocycles. The van der Waals surface area contributed by atoms with E-state index < -0.39 is 0 Å². The molecule has 0 bridgehead atoms. The third-order valence-electron chi connectivity index (χ3n) is 5.74. The molecule has 6 heteroatoms. The number of anilines is 1. The van der Waals surface area contributed by atoms with E-state index in [4.69, 9.17) is 9.47 Å². The van der Waals surface area contributed by atoms with Gasteiger partial charge in [-0.25, -0.2) is 0 Å². The van der Waals surface area contributed by atoms with Crippen molar-refractivity contribution in [3.8, 4) is 5.75 Å². The van der Waals surface area contributed by atoms with Gasteiger partial charge >= 0.3 is 0 Å². The predicted molar refractivity (Wildman–Crippen MR) is 125 cm³/mol. The van der Waals surface area contributed by atoms with Crippen molar-refractivity contribution < 1.29 is 19.1 Å². The second kappa shape index (κ2) is 9.17. The maximum atomic E-state index is 13.4. The van der Waals surface area contributed by atoms with E-state index in [1.807, 2.05) is 48.5 Å². The number of ether oxygens (including phenoxy) is 2. The molecule has 2 heterocycles. The number of carbonyl (C=O) groups is 2. The number of carbonyl (C=O) groups excluding carboxylic acids is 2. The summed E-state index contributed by atoms with van der Waals surface area (Å²) in [7, 11) is 0. The molecule has 32 heavy (non-hydrogen) atoms. The van der Waals surface area contributed by atoms with Crippen molar-refractivity contribution in [2.75, 3.05) is 24.6 Å². The number of hydrogen-bond donors (Lipinski definition) is 1. The fourth-order valence-electron chi connectivity index (χ4n) is 3.87. The maximum absolute atomic E-state index is 13.4. The van der Waals surface area contributed by atoms with Gasteiger partial charge in [-0.2, -0.15) is 0 Å². The number of amides is 2. The zero-order chi connectivity index (χ0) is 22.7. The van der Waals surface area contributed by atoms with Gasteiger partial charge in [-0.15, -0.1) is 0 Å². The van der Waals surface area contributed by atoms with Crippen LogP contribution in [0.1, 0.15) is 44.7 Å². The van der Waals surface area contributed by atoms with Crippen molar-refractivity contribution in [2.45, 2.75) is 45.1 Å². The Morgan fingerprint density at radius 2 is 1.97 bits per heavy atom. The van der Waals surface area contributed by atoms with Gasteiger partial charge in [0.2, 0.25) is 5.91 Å². The first-order valence-electron chi connectivity index (χ1n) is 11.1. The highest BCUT2D eigenvalue weighted by Gasteiger charge is 2.33. The van der Waals surface area contributed by atoms with Crippen LogP contribution in [0.3, 0.4) is 0 Å². The average Bonchev–Trinajstić information content (AvgIpc) is 3.29. The average molecular weight is 435 g/mol. The highest BCUT2D eigenvalue weighted by molar-refractivity contribution is 6.12. The molecule has 1 fully saturated rings. The van der Waals surface area contributed by atoms with Crippen LogP contribution in [0.2, 0.25) is 0 Å². The summed E-state index contributed by atoms with van der Waals surface area (Å²) in [6.45, 7) is 7.44. The van der Waals surface area contributed by atoms with Crippen LogP contribution < -0.4 is 15.0 Å². The maximum Gasteiger partial charge on any atom is 0.294 e. The first-order valence-corrected chi connectivity index (χ1v) is 11.1. The van der Waals surface area contributed by atoms with Crippen LogP contribution in [0, 0.1) is 0 Å². The topological polar surface area (TPSA) is 67.9 Å². The summed E-state index contributed by atoms with van der Waals surface area (Å²) in [6.07, 6.45) is 3.71. The number of nitrogens with zero attached hydrogens (tertiary/aromatic N) is 1. The van der Waals surface area contributed by atoms with Crippen molar-refractivity contribution in [2.24, 2.45) is 0 Å². The second-order valence-corrected chi connectivity index (χ2v) is 9.28. The molecule has 1 saturated heterocycles. The zero-order valence-corrected chi connectivity index (χ0v) is 18.9. The summed E-state index contributed by atoms with van der Waals surface area (Å²) in [5.74, 6) is 0.201. The van der Waals surface area contributed by atoms with Gasteiger partial charge < -0.3 is 14.8 Å². The molecule has 4 rings (SSSR count). The molecular weight excluding hydrogens is 404 g/mol. The quantitative estimate of drug-likeness (QED) is 0.721. The van der Waals surface area contributed by atoms with Gasteiger partial charge in [-0.1, -0.05) is 57.2 Å². The van der Waals surface area contributed by atoms with Crippen LogP contribution >= 0.6 is 0 Å². The Morgan fingerprint density at radius 1 is 1.19 bits per heavy atom. The van der Waals surface area contributed by atoms with E-state index in [2.05, 4.69) is 26.1 Å². The minimum Gasteiger partial charge on any atom is -0.449 e. The first-order chi connectivity index (χ1) is 15.3. The van der Waals surface area contributed by atoms with Gasteiger partial charge in [0.1, 0.15) is 6.54 Å². The van der Waals surface area contributed by atoms with Crippen molar-refractivity contribution >= 4 is 23.6 Å². The van der Waals surface area contributed by atoms with Gasteiger partial charge in [-0.3, -0.25) is 14.5 Å². The van der Waals surface area contributed by atoms with Gasteiger partial charge in [0, 0.05) is 13.2 Å². The number of nitrogens with one attached hydrogen (secondary N) is 1. The third kappa shape index (κ3) is 5.02. The molecule has 2 aliphatic rings. The Hall–Kier alpha value is -3.12. The first kappa shape index (κ1) is 22.1. The Bertz CT molecular complexity index is 1020. The van der Waals surface area contributed by atoms with E-state index in [1.54, 1.807) is 6.08 Å². The third-order valence-corrected chi connectivity index (χ3v) is 5.74. The molecule has 0 radical (unpaired) electrons. The molecule has 6 nitrogen and oxygen atoms in total. The molecule has 0 saturated carbocycles. The van der Waals surface area contributed by atoms with E-state index in [0.29, 0.717) is 18.0 Å². The summed E-state index contributed by atoms with van der Waals surface area (Å²) in [4.78, 5) is 27.6. The minimum absolute atomic E-state index is 0.0488. The smallest absolute Gasteiger partial charge is 0.294 e. The Morgan fingerprint density at radius 3 is 2.66 bits per heavy atom. The normalized spacial score (nSPS) is 19.6. The molecule has 1 atom stereocenters. The van der Waals surface area contributed by atoms with Gasteiger partial charge in [0.25, 0.3) is 5.91 Å². The van der Waals surface area contributed by atoms with E-state index in [-0.39, 0.29) is 35.6 Å². The summed E-state index contributed by atoms with van der Waals surface area (Å²) >= 11 is 0. The van der Waals surface area contributed by atoms with E-state index in [1.165, 1.54) is 4.90 Å². The minimum atomic E-state index is -0.334. The zero-order valence-electron chi connectivity index (χ0n) is 18.9. The van der Waals surface area contributed by atoms with Crippen molar-refractivity contribution in [1.82, 2.24) is 5.32 Å². The largest absolute Gasteiger partial charge is 0.449 e. The van der Waals surface area contributed by atoms with Gasteiger partial charge in [0.05, 0.1) is 11.8 Å². The molecule has 0 spiro atoms. The van der Waals surface area contributed by atoms with Crippen LogP contribution in [-0.2, 0) is 19.7 Å². The monoisotopic (exact) mass is 434 g/mol. The van der Waals surface area contributed by atoms with Crippen LogP contribution in [-0.4, -0.2) is 37.6 Å². The van der Waals surface area contributed by atoms with E-state index in [9.17, 15) is 9.59 Å². The fraction of sp³-hybridized carbons (Fsp3) is 0.385. The molecule has 2 aromatic rings. The highest BCUT2D eigenvalue weighted by atomic mass is 16.5. The molecule has 2 amide bonds. The lowest BCUT2D eigenvalue weighted by atomic mass is 9.86. The molecule has 1 N–H and O–H groups in total. The van der Waals surface area contributed by atoms with Crippen molar-refractivity contribution in [3.05, 3.63) is 65.4 Å². The van der Waals surface area contributed by atoms with Crippen molar-refractivity contribution in [1.29, 1.82) is 0 Å². The van der Waals surface area contributed by atoms with Crippen molar-refractivity contribution in [3.63, 3.8) is 0 Å². The van der Waals surface area contributed by atoms with Gasteiger partial charge in [0.15, 0.2) is 11.5 Å². The summed E-state index contributed by atoms with van der Waals surface area (Å²) in [5.41, 5.74) is 2.42. The van der Waals surface area contributed by atoms with Crippen LogP contribution in [0.15, 0.2) is 54.3 Å². The van der Waals surface area contributed by atoms with E-state index >= 15 is 0 Å². The standard InChI is InChI=1S/C26H30N2O4/c1-26(2,3)19-11-12-22-21(15-19)28(17-24(29)27-16-20-10-7-13-31-20)25(30)23(32-22)14-18-8-5-4-6-9-18/h4-6,8-9,11-12,14-15,20H,7,10,13,16-17H2,1-3H3,(H,27,29)/b23-14-. The summed E-state index contributed by atoms with van der Waals surface area (Å²) < 4.78 is 11.6. The lowest BCUT2D eigenvalue weighted by molar-refractivity contribution is -0.123. The van der Waals surface area contributed by atoms with Crippen LogP contribution in [0.4, 0.5) is 5.69 Å². The molecule has 0 aliphatic carbocycles. The van der Waals surface area contributed by atoms with E-state index in [0.717, 1.165) is 30.6 Å². The molecule has 1 unspecified atom stereocenters. The Kier molecular flexibility index (Phi) is 6.33.